The lowest BCUT2D eigenvalue weighted by atomic mass is 10.2. The molecule has 90 valence electrons. The predicted octanol–water partition coefficient (Wildman–Crippen LogP) is 3.49. The lowest BCUT2D eigenvalue weighted by Gasteiger charge is -2.05. The quantitative estimate of drug-likeness (QED) is 0.499. The normalized spacial score (nSPS) is 10.9. The minimum atomic E-state index is 0.363. The fourth-order valence-electron chi connectivity index (χ4n) is 1.70. The zero-order valence-electron chi connectivity index (χ0n) is 10.0. The van der Waals surface area contributed by atoms with Crippen molar-refractivity contribution < 1.29 is 0 Å². The maximum Gasteiger partial charge on any atom is 0.221 e. The topological polar surface area (TPSA) is 51.8 Å². The molecular weight excluding hydrogens is 230 g/mol. The molecule has 0 radical (unpaired) electrons. The van der Waals surface area contributed by atoms with Crippen molar-refractivity contribution in [2.45, 2.75) is 31.2 Å². The van der Waals surface area contributed by atoms with Crippen LogP contribution in [0.3, 0.4) is 0 Å². The molecule has 0 fully saturated rings. The Morgan fingerprint density at radius 1 is 1.18 bits per heavy atom. The van der Waals surface area contributed by atoms with E-state index in [9.17, 15) is 0 Å². The van der Waals surface area contributed by atoms with Crippen LogP contribution in [0, 0.1) is 0 Å². The van der Waals surface area contributed by atoms with E-state index in [0.29, 0.717) is 5.95 Å². The van der Waals surface area contributed by atoms with Gasteiger partial charge in [-0.3, -0.25) is 0 Å². The number of nitrogen functional groups attached to an aromatic ring is 1. The molecule has 0 bridgehead atoms. The van der Waals surface area contributed by atoms with Crippen molar-refractivity contribution in [2.24, 2.45) is 0 Å². The van der Waals surface area contributed by atoms with Crippen molar-refractivity contribution in [1.82, 2.24) is 9.97 Å². The van der Waals surface area contributed by atoms with Crippen molar-refractivity contribution in [1.29, 1.82) is 0 Å². The number of nitrogens with two attached hydrogens (primary N) is 1. The third kappa shape index (κ3) is 3.09. The van der Waals surface area contributed by atoms with Gasteiger partial charge in [0.05, 0.1) is 5.52 Å². The largest absolute Gasteiger partial charge is 0.368 e. The first kappa shape index (κ1) is 12.2. The number of nitrogens with zero attached hydrogens (tertiary/aromatic N) is 2. The Morgan fingerprint density at radius 2 is 2.00 bits per heavy atom. The lowest BCUT2D eigenvalue weighted by molar-refractivity contribution is 0.778. The number of hydrogen-bond acceptors (Lipinski definition) is 4. The molecule has 1 heterocycles. The summed E-state index contributed by atoms with van der Waals surface area (Å²) in [6.07, 6.45) is 3.73. The van der Waals surface area contributed by atoms with Crippen LogP contribution >= 0.6 is 11.8 Å². The van der Waals surface area contributed by atoms with Gasteiger partial charge in [-0.2, -0.15) is 0 Å². The average Bonchev–Trinajstić information content (AvgIpc) is 2.34. The smallest absolute Gasteiger partial charge is 0.221 e. The number of anilines is 1. The first-order chi connectivity index (χ1) is 8.31. The highest BCUT2D eigenvalue weighted by Crippen LogP contribution is 2.26. The Hall–Kier alpha value is -1.29. The number of rotatable bonds is 5. The third-order valence-corrected chi connectivity index (χ3v) is 3.65. The molecule has 0 saturated heterocycles. The molecule has 0 spiro atoms. The highest BCUT2D eigenvalue weighted by Gasteiger charge is 2.05. The summed E-state index contributed by atoms with van der Waals surface area (Å²) in [5.74, 6) is 1.45. The minimum absolute atomic E-state index is 0.363. The van der Waals surface area contributed by atoms with Crippen LogP contribution in [-0.2, 0) is 0 Å². The molecule has 1 aromatic carbocycles. The number of thioether (sulfide) groups is 1. The van der Waals surface area contributed by atoms with Crippen molar-refractivity contribution in [3.05, 3.63) is 24.3 Å². The number of aromatic nitrogens is 2. The van der Waals surface area contributed by atoms with Gasteiger partial charge in [-0.15, -0.1) is 11.8 Å². The van der Waals surface area contributed by atoms with E-state index < -0.39 is 0 Å². The van der Waals surface area contributed by atoms with Gasteiger partial charge < -0.3 is 5.73 Å². The summed E-state index contributed by atoms with van der Waals surface area (Å²) in [6.45, 7) is 2.21. The molecule has 2 N–H and O–H groups in total. The number of fused-ring (bicyclic) bond motifs is 1. The SMILES string of the molecule is CCCCCSc1nc(N)nc2ccccc12. The zero-order valence-corrected chi connectivity index (χ0v) is 10.8. The molecule has 0 aliphatic rings. The Labute approximate surface area is 106 Å². The van der Waals surface area contributed by atoms with Crippen LogP contribution in [0.1, 0.15) is 26.2 Å². The summed E-state index contributed by atoms with van der Waals surface area (Å²) in [4.78, 5) is 8.56. The van der Waals surface area contributed by atoms with Crippen LogP contribution < -0.4 is 5.73 Å². The second-order valence-electron chi connectivity index (χ2n) is 3.96. The highest BCUT2D eigenvalue weighted by molar-refractivity contribution is 7.99. The molecule has 1 aromatic heterocycles. The van der Waals surface area contributed by atoms with Gasteiger partial charge in [0.15, 0.2) is 0 Å². The number of unbranched alkanes of at least 4 members (excludes halogenated alkanes) is 2. The fourth-order valence-corrected chi connectivity index (χ4v) is 2.72. The summed E-state index contributed by atoms with van der Waals surface area (Å²) in [6, 6.07) is 8.01. The monoisotopic (exact) mass is 247 g/mol. The van der Waals surface area contributed by atoms with Crippen molar-refractivity contribution >= 4 is 28.6 Å². The van der Waals surface area contributed by atoms with E-state index in [0.717, 1.165) is 21.7 Å². The van der Waals surface area contributed by atoms with Crippen LogP contribution in [0.5, 0.6) is 0 Å². The molecule has 2 aromatic rings. The van der Waals surface area contributed by atoms with E-state index >= 15 is 0 Å². The van der Waals surface area contributed by atoms with Crippen LogP contribution in [-0.4, -0.2) is 15.7 Å². The lowest BCUT2D eigenvalue weighted by Crippen LogP contribution is -1.97. The maximum absolute atomic E-state index is 5.72. The van der Waals surface area contributed by atoms with Gasteiger partial charge in [-0.1, -0.05) is 38.0 Å². The molecule has 0 amide bonds. The van der Waals surface area contributed by atoms with Gasteiger partial charge in [0.1, 0.15) is 5.03 Å². The first-order valence-electron chi connectivity index (χ1n) is 5.96. The van der Waals surface area contributed by atoms with Crippen LogP contribution in [0.2, 0.25) is 0 Å². The number of para-hydroxylation sites is 1. The summed E-state index contributed by atoms with van der Waals surface area (Å²) < 4.78 is 0. The molecule has 0 atom stereocenters. The summed E-state index contributed by atoms with van der Waals surface area (Å²) in [5, 5.41) is 2.10. The minimum Gasteiger partial charge on any atom is -0.368 e. The molecule has 3 nitrogen and oxygen atoms in total. The second-order valence-corrected chi connectivity index (χ2v) is 5.04. The second kappa shape index (κ2) is 5.87. The Morgan fingerprint density at radius 3 is 2.82 bits per heavy atom. The molecule has 0 unspecified atom stereocenters. The van der Waals surface area contributed by atoms with Gasteiger partial charge in [0.25, 0.3) is 0 Å². The predicted molar refractivity (Wildman–Crippen MR) is 74.2 cm³/mol. The van der Waals surface area contributed by atoms with Crippen LogP contribution in [0.25, 0.3) is 10.9 Å². The summed E-state index contributed by atoms with van der Waals surface area (Å²) in [7, 11) is 0. The fraction of sp³-hybridized carbons (Fsp3) is 0.385. The molecule has 0 aliphatic carbocycles. The van der Waals surface area contributed by atoms with Gasteiger partial charge in [0, 0.05) is 5.39 Å². The Balaban J connectivity index is 2.20. The number of hydrogen-bond donors (Lipinski definition) is 1. The van der Waals surface area contributed by atoms with Crippen molar-refractivity contribution in [3.63, 3.8) is 0 Å². The number of benzene rings is 1. The summed E-state index contributed by atoms with van der Waals surface area (Å²) in [5.41, 5.74) is 6.65. The van der Waals surface area contributed by atoms with Crippen molar-refractivity contribution in [3.8, 4) is 0 Å². The third-order valence-electron chi connectivity index (χ3n) is 2.57. The molecule has 17 heavy (non-hydrogen) atoms. The van der Waals surface area contributed by atoms with E-state index in [1.165, 1.54) is 19.3 Å². The van der Waals surface area contributed by atoms with E-state index in [4.69, 9.17) is 5.73 Å². The molecule has 4 heteroatoms. The van der Waals surface area contributed by atoms with E-state index in [1.54, 1.807) is 11.8 Å². The van der Waals surface area contributed by atoms with Gasteiger partial charge >= 0.3 is 0 Å². The van der Waals surface area contributed by atoms with Crippen LogP contribution in [0.15, 0.2) is 29.3 Å². The van der Waals surface area contributed by atoms with E-state index in [1.807, 2.05) is 18.2 Å². The van der Waals surface area contributed by atoms with E-state index in [-0.39, 0.29) is 0 Å². The van der Waals surface area contributed by atoms with Gasteiger partial charge in [0.2, 0.25) is 5.95 Å². The molecule has 0 saturated carbocycles. The van der Waals surface area contributed by atoms with Crippen LogP contribution in [0.4, 0.5) is 5.95 Å². The highest BCUT2D eigenvalue weighted by atomic mass is 32.2. The standard InChI is InChI=1S/C13H17N3S/c1-2-3-6-9-17-12-10-7-4-5-8-11(10)15-13(14)16-12/h4-5,7-8H,2-3,6,9H2,1H3,(H2,14,15,16). The van der Waals surface area contributed by atoms with Gasteiger partial charge in [-0.05, 0) is 18.2 Å². The molecule has 2 rings (SSSR count). The average molecular weight is 247 g/mol. The Kier molecular flexibility index (Phi) is 4.20. The molecular formula is C13H17N3S. The van der Waals surface area contributed by atoms with Crippen molar-refractivity contribution in [2.75, 3.05) is 11.5 Å². The Bertz CT molecular complexity index is 499. The van der Waals surface area contributed by atoms with Gasteiger partial charge in [-0.25, -0.2) is 9.97 Å². The first-order valence-corrected chi connectivity index (χ1v) is 6.95. The summed E-state index contributed by atoms with van der Waals surface area (Å²) >= 11 is 1.77. The molecule has 0 aliphatic heterocycles. The maximum atomic E-state index is 5.72. The zero-order chi connectivity index (χ0) is 12.1. The van der Waals surface area contributed by atoms with E-state index in [2.05, 4.69) is 23.0 Å².